The minimum absolute atomic E-state index is 0.0612. The van der Waals surface area contributed by atoms with Crippen molar-refractivity contribution in [3.05, 3.63) is 0 Å². The topological polar surface area (TPSA) is 70.1 Å². The summed E-state index contributed by atoms with van der Waals surface area (Å²) in [5.41, 5.74) is 0. The largest absolute Gasteiger partial charge is 0.480 e. The van der Waals surface area contributed by atoms with Crippen LogP contribution in [0.1, 0.15) is 19.3 Å². The lowest BCUT2D eigenvalue weighted by Gasteiger charge is -2.21. The van der Waals surface area contributed by atoms with Gasteiger partial charge in [-0.15, -0.1) is 0 Å². The smallest absolute Gasteiger partial charge is 0.317 e. The van der Waals surface area contributed by atoms with Gasteiger partial charge in [-0.05, 0) is 12.8 Å². The van der Waals surface area contributed by atoms with Crippen LogP contribution < -0.4 is 0 Å². The quantitative estimate of drug-likeness (QED) is 0.681. The van der Waals surface area contributed by atoms with Crippen LogP contribution in [0.3, 0.4) is 0 Å². The van der Waals surface area contributed by atoms with Crippen molar-refractivity contribution < 1.29 is 19.4 Å². The standard InChI is InChI=1S/C12H22N2O4/c1-18-9-2-4-11(15)14-6-3-5-13(7-8-14)10-12(16)17/h2-10H2,1H3,(H,16,17). The van der Waals surface area contributed by atoms with E-state index in [0.717, 1.165) is 25.9 Å². The fourth-order valence-corrected chi connectivity index (χ4v) is 2.10. The molecule has 0 aromatic heterocycles. The van der Waals surface area contributed by atoms with Crippen molar-refractivity contribution in [1.29, 1.82) is 0 Å². The Morgan fingerprint density at radius 1 is 1.22 bits per heavy atom. The average Bonchev–Trinajstić information content (AvgIpc) is 2.54. The van der Waals surface area contributed by atoms with E-state index in [-0.39, 0.29) is 12.5 Å². The van der Waals surface area contributed by atoms with Gasteiger partial charge in [-0.1, -0.05) is 0 Å². The maximum atomic E-state index is 11.9. The van der Waals surface area contributed by atoms with Crippen molar-refractivity contribution in [3.8, 4) is 0 Å². The van der Waals surface area contributed by atoms with Gasteiger partial charge in [-0.25, -0.2) is 0 Å². The van der Waals surface area contributed by atoms with Crippen LogP contribution in [0.15, 0.2) is 0 Å². The number of hydrogen-bond donors (Lipinski definition) is 1. The molecule has 1 saturated heterocycles. The molecule has 0 bridgehead atoms. The summed E-state index contributed by atoms with van der Waals surface area (Å²) in [6, 6.07) is 0. The van der Waals surface area contributed by atoms with Crippen LogP contribution in [0.5, 0.6) is 0 Å². The van der Waals surface area contributed by atoms with Gasteiger partial charge < -0.3 is 14.7 Å². The highest BCUT2D eigenvalue weighted by atomic mass is 16.5. The van der Waals surface area contributed by atoms with Crippen LogP contribution in [0, 0.1) is 0 Å². The summed E-state index contributed by atoms with van der Waals surface area (Å²) in [4.78, 5) is 26.2. The van der Waals surface area contributed by atoms with Crippen LogP contribution in [-0.2, 0) is 14.3 Å². The molecule has 1 fully saturated rings. The zero-order valence-electron chi connectivity index (χ0n) is 10.9. The number of rotatable bonds is 6. The third-order valence-electron chi connectivity index (χ3n) is 3.04. The molecule has 1 aliphatic heterocycles. The van der Waals surface area contributed by atoms with Gasteiger partial charge >= 0.3 is 5.97 Å². The third-order valence-corrected chi connectivity index (χ3v) is 3.04. The number of methoxy groups -OCH3 is 1. The van der Waals surface area contributed by atoms with Crippen molar-refractivity contribution in [2.45, 2.75) is 19.3 Å². The van der Waals surface area contributed by atoms with Gasteiger partial charge in [0.1, 0.15) is 0 Å². The molecule has 0 aromatic carbocycles. The van der Waals surface area contributed by atoms with E-state index in [1.165, 1.54) is 0 Å². The molecule has 0 aliphatic carbocycles. The number of aliphatic carboxylic acids is 1. The Labute approximate surface area is 107 Å². The zero-order valence-corrected chi connectivity index (χ0v) is 10.9. The molecule has 0 unspecified atom stereocenters. The van der Waals surface area contributed by atoms with E-state index in [0.29, 0.717) is 26.1 Å². The molecule has 0 saturated carbocycles. The van der Waals surface area contributed by atoms with Gasteiger partial charge in [0.2, 0.25) is 5.91 Å². The molecule has 0 atom stereocenters. The van der Waals surface area contributed by atoms with Crippen LogP contribution in [0.25, 0.3) is 0 Å². The maximum absolute atomic E-state index is 11.9. The molecule has 104 valence electrons. The van der Waals surface area contributed by atoms with E-state index in [1.807, 2.05) is 9.80 Å². The van der Waals surface area contributed by atoms with Gasteiger partial charge in [0, 0.05) is 46.3 Å². The molecule has 0 spiro atoms. The van der Waals surface area contributed by atoms with E-state index >= 15 is 0 Å². The van der Waals surface area contributed by atoms with Crippen LogP contribution in [0.4, 0.5) is 0 Å². The van der Waals surface area contributed by atoms with Gasteiger partial charge in [0.15, 0.2) is 0 Å². The van der Waals surface area contributed by atoms with Crippen molar-refractivity contribution in [3.63, 3.8) is 0 Å². The van der Waals surface area contributed by atoms with E-state index in [1.54, 1.807) is 7.11 Å². The number of ether oxygens (including phenoxy) is 1. The predicted molar refractivity (Wildman–Crippen MR) is 66.4 cm³/mol. The predicted octanol–water partition coefficient (Wildman–Crippen LogP) is 0.0319. The van der Waals surface area contributed by atoms with Crippen molar-refractivity contribution in [1.82, 2.24) is 9.80 Å². The van der Waals surface area contributed by atoms with E-state index < -0.39 is 5.97 Å². The number of nitrogens with zero attached hydrogens (tertiary/aromatic N) is 2. The summed E-state index contributed by atoms with van der Waals surface area (Å²) in [6.07, 6.45) is 2.08. The summed E-state index contributed by atoms with van der Waals surface area (Å²) >= 11 is 0. The Morgan fingerprint density at radius 3 is 2.67 bits per heavy atom. The second-order valence-electron chi connectivity index (χ2n) is 4.50. The fraction of sp³-hybridized carbons (Fsp3) is 0.833. The minimum atomic E-state index is -0.810. The summed E-state index contributed by atoms with van der Waals surface area (Å²) in [7, 11) is 1.63. The molecule has 18 heavy (non-hydrogen) atoms. The Bertz CT molecular complexity index is 283. The summed E-state index contributed by atoms with van der Waals surface area (Å²) in [5, 5.41) is 8.74. The van der Waals surface area contributed by atoms with Gasteiger partial charge in [0.25, 0.3) is 0 Å². The summed E-state index contributed by atoms with van der Waals surface area (Å²) in [6.45, 7) is 3.40. The molecule has 0 radical (unpaired) electrons. The molecule has 1 rings (SSSR count). The highest BCUT2D eigenvalue weighted by Gasteiger charge is 2.19. The molecule has 0 aromatic rings. The Hall–Kier alpha value is -1.14. The first-order chi connectivity index (χ1) is 8.63. The first-order valence-electron chi connectivity index (χ1n) is 6.34. The fourth-order valence-electron chi connectivity index (χ4n) is 2.10. The summed E-state index contributed by atoms with van der Waals surface area (Å²) in [5.74, 6) is -0.668. The molecule has 1 amide bonds. The number of carbonyl (C=O) groups is 2. The summed E-state index contributed by atoms with van der Waals surface area (Å²) < 4.78 is 4.92. The first-order valence-corrected chi connectivity index (χ1v) is 6.34. The Morgan fingerprint density at radius 2 is 2.00 bits per heavy atom. The van der Waals surface area contributed by atoms with E-state index in [4.69, 9.17) is 9.84 Å². The molecular weight excluding hydrogens is 236 g/mol. The minimum Gasteiger partial charge on any atom is -0.480 e. The first kappa shape index (κ1) is 14.9. The normalized spacial score (nSPS) is 17.5. The second-order valence-corrected chi connectivity index (χ2v) is 4.50. The van der Waals surface area contributed by atoms with Gasteiger partial charge in [-0.2, -0.15) is 0 Å². The van der Waals surface area contributed by atoms with Crippen LogP contribution >= 0.6 is 0 Å². The van der Waals surface area contributed by atoms with Gasteiger partial charge in [0.05, 0.1) is 6.54 Å². The van der Waals surface area contributed by atoms with Crippen molar-refractivity contribution in [2.24, 2.45) is 0 Å². The van der Waals surface area contributed by atoms with Crippen LogP contribution in [-0.4, -0.2) is 73.2 Å². The lowest BCUT2D eigenvalue weighted by molar-refractivity contribution is -0.138. The zero-order chi connectivity index (χ0) is 13.4. The van der Waals surface area contributed by atoms with Crippen molar-refractivity contribution in [2.75, 3.05) is 46.4 Å². The molecule has 1 heterocycles. The Balaban J connectivity index is 2.32. The highest BCUT2D eigenvalue weighted by Crippen LogP contribution is 2.06. The third kappa shape index (κ3) is 5.46. The number of carboxylic acid groups (broad SMARTS) is 1. The molecule has 6 nitrogen and oxygen atoms in total. The molecule has 1 N–H and O–H groups in total. The SMILES string of the molecule is COCCCC(=O)N1CCCN(CC(=O)O)CC1. The lowest BCUT2D eigenvalue weighted by atomic mass is 10.2. The highest BCUT2D eigenvalue weighted by molar-refractivity contribution is 5.76. The average molecular weight is 258 g/mol. The van der Waals surface area contributed by atoms with Gasteiger partial charge in [-0.3, -0.25) is 14.5 Å². The molecular formula is C12H22N2O4. The second kappa shape index (κ2) is 8.05. The molecule has 6 heteroatoms. The van der Waals surface area contributed by atoms with Crippen LogP contribution in [0.2, 0.25) is 0 Å². The molecule has 1 aliphatic rings. The lowest BCUT2D eigenvalue weighted by Crippen LogP contribution is -2.36. The number of carboxylic acids is 1. The van der Waals surface area contributed by atoms with E-state index in [2.05, 4.69) is 0 Å². The number of amides is 1. The monoisotopic (exact) mass is 258 g/mol. The van der Waals surface area contributed by atoms with Crippen molar-refractivity contribution >= 4 is 11.9 Å². The Kier molecular flexibility index (Phi) is 6.67. The maximum Gasteiger partial charge on any atom is 0.317 e. The number of hydrogen-bond acceptors (Lipinski definition) is 4. The van der Waals surface area contributed by atoms with E-state index in [9.17, 15) is 9.59 Å². The number of carbonyl (C=O) groups excluding carboxylic acids is 1.